The summed E-state index contributed by atoms with van der Waals surface area (Å²) in [6.07, 6.45) is 7.70. The zero-order chi connectivity index (χ0) is 11.4. The van der Waals surface area contributed by atoms with Crippen LogP contribution in [0.4, 0.5) is 0 Å². The molecule has 2 nitrogen and oxygen atoms in total. The molecule has 0 N–H and O–H groups in total. The molecule has 0 bridgehead atoms. The average molecular weight is 216 g/mol. The van der Waals surface area contributed by atoms with E-state index in [1.807, 2.05) is 0 Å². The van der Waals surface area contributed by atoms with Gasteiger partial charge in [0.15, 0.2) is 0 Å². The molecule has 0 heterocycles. The van der Waals surface area contributed by atoms with Crippen LogP contribution in [0.25, 0.3) is 0 Å². The van der Waals surface area contributed by atoms with Crippen LogP contribution < -0.4 is 0 Å². The third-order valence-electron chi connectivity index (χ3n) is 2.40. The molecule has 0 aromatic rings. The van der Waals surface area contributed by atoms with Crippen molar-refractivity contribution in [2.24, 2.45) is 0 Å². The van der Waals surface area contributed by atoms with Crippen molar-refractivity contribution >= 4 is 0 Å². The van der Waals surface area contributed by atoms with E-state index >= 15 is 0 Å². The molecule has 0 aromatic heterocycles. The minimum absolute atomic E-state index is 0.253. The fourth-order valence-electron chi connectivity index (χ4n) is 1.36. The minimum atomic E-state index is 0.253. The zero-order valence-corrected chi connectivity index (χ0v) is 10.8. The fraction of sp³-hybridized carbons (Fsp3) is 1.00. The summed E-state index contributed by atoms with van der Waals surface area (Å²) in [5.41, 5.74) is 0. The summed E-state index contributed by atoms with van der Waals surface area (Å²) in [7, 11) is 0. The lowest BCUT2D eigenvalue weighted by Gasteiger charge is -2.13. The van der Waals surface area contributed by atoms with Gasteiger partial charge in [0, 0.05) is 13.2 Å². The van der Waals surface area contributed by atoms with Gasteiger partial charge < -0.3 is 9.47 Å². The lowest BCUT2D eigenvalue weighted by molar-refractivity contribution is -0.00842. The highest BCUT2D eigenvalue weighted by Gasteiger charge is 2.01. The summed E-state index contributed by atoms with van der Waals surface area (Å²) in [6.45, 7) is 9.00. The molecule has 0 aliphatic carbocycles. The van der Waals surface area contributed by atoms with Gasteiger partial charge in [0.2, 0.25) is 0 Å². The van der Waals surface area contributed by atoms with E-state index in [4.69, 9.17) is 9.47 Å². The molecule has 0 aliphatic rings. The predicted molar refractivity (Wildman–Crippen MR) is 65.3 cm³/mol. The van der Waals surface area contributed by atoms with E-state index in [1.165, 1.54) is 32.1 Å². The molecular weight excluding hydrogens is 188 g/mol. The van der Waals surface area contributed by atoms with Crippen molar-refractivity contribution in [3.63, 3.8) is 0 Å². The average Bonchev–Trinajstić information content (AvgIpc) is 2.24. The van der Waals surface area contributed by atoms with Crippen molar-refractivity contribution in [1.29, 1.82) is 0 Å². The number of rotatable bonds is 11. The quantitative estimate of drug-likeness (QED) is 0.489. The summed E-state index contributed by atoms with van der Waals surface area (Å²) >= 11 is 0. The Labute approximate surface area is 95.3 Å². The topological polar surface area (TPSA) is 18.5 Å². The largest absolute Gasteiger partial charge is 0.379 e. The Morgan fingerprint density at radius 3 is 2.27 bits per heavy atom. The van der Waals surface area contributed by atoms with Crippen LogP contribution in [0, 0.1) is 0 Å². The van der Waals surface area contributed by atoms with Crippen LogP contribution in [0.15, 0.2) is 0 Å². The van der Waals surface area contributed by atoms with Crippen LogP contribution in [-0.4, -0.2) is 25.9 Å². The summed E-state index contributed by atoms with van der Waals surface area (Å²) in [4.78, 5) is 0. The van der Waals surface area contributed by atoms with Gasteiger partial charge in [0.05, 0.1) is 12.7 Å². The molecule has 1 unspecified atom stereocenters. The molecular formula is C13H28O2. The summed E-state index contributed by atoms with van der Waals surface area (Å²) in [6, 6.07) is 0. The maximum absolute atomic E-state index is 5.64. The maximum atomic E-state index is 5.64. The lowest BCUT2D eigenvalue weighted by atomic mass is 10.2. The van der Waals surface area contributed by atoms with Gasteiger partial charge in [-0.05, 0) is 19.8 Å². The van der Waals surface area contributed by atoms with Crippen molar-refractivity contribution in [3.05, 3.63) is 0 Å². The van der Waals surface area contributed by atoms with Crippen molar-refractivity contribution in [3.8, 4) is 0 Å². The summed E-state index contributed by atoms with van der Waals surface area (Å²) in [5.74, 6) is 0. The number of unbranched alkanes of at least 4 members (excludes halogenated alkanes) is 4. The lowest BCUT2D eigenvalue weighted by Crippen LogP contribution is -2.17. The van der Waals surface area contributed by atoms with Crippen LogP contribution in [0.2, 0.25) is 0 Å². The summed E-state index contributed by atoms with van der Waals surface area (Å²) < 4.78 is 11.1. The van der Waals surface area contributed by atoms with Crippen LogP contribution in [0.1, 0.15) is 59.3 Å². The van der Waals surface area contributed by atoms with Gasteiger partial charge in [0.25, 0.3) is 0 Å². The van der Waals surface area contributed by atoms with Crippen molar-refractivity contribution in [2.45, 2.75) is 65.4 Å². The minimum Gasteiger partial charge on any atom is -0.379 e. The number of ether oxygens (including phenoxy) is 2. The first-order chi connectivity index (χ1) is 7.31. The molecule has 0 aliphatic heterocycles. The van der Waals surface area contributed by atoms with E-state index in [-0.39, 0.29) is 6.10 Å². The molecule has 2 heteroatoms. The second-order valence-electron chi connectivity index (χ2n) is 4.17. The molecule has 0 saturated heterocycles. The van der Waals surface area contributed by atoms with E-state index in [0.717, 1.165) is 26.2 Å². The molecule has 0 fully saturated rings. The van der Waals surface area contributed by atoms with Crippen LogP contribution >= 0.6 is 0 Å². The first-order valence-electron chi connectivity index (χ1n) is 6.50. The van der Waals surface area contributed by atoms with E-state index < -0.39 is 0 Å². The second-order valence-corrected chi connectivity index (χ2v) is 4.17. The Morgan fingerprint density at radius 1 is 0.867 bits per heavy atom. The normalized spacial score (nSPS) is 13.0. The van der Waals surface area contributed by atoms with Gasteiger partial charge in [-0.2, -0.15) is 0 Å². The summed E-state index contributed by atoms with van der Waals surface area (Å²) in [5, 5.41) is 0. The Kier molecular flexibility index (Phi) is 11.9. The van der Waals surface area contributed by atoms with E-state index in [9.17, 15) is 0 Å². The standard InChI is InChI=1S/C13H28O2/c1-4-6-8-9-11-15-13(3)12-14-10-7-5-2/h13H,4-12H2,1-3H3. The molecule has 0 rings (SSSR count). The van der Waals surface area contributed by atoms with E-state index in [0.29, 0.717) is 0 Å². The third-order valence-corrected chi connectivity index (χ3v) is 2.40. The van der Waals surface area contributed by atoms with Gasteiger partial charge in [0.1, 0.15) is 0 Å². The molecule has 15 heavy (non-hydrogen) atoms. The highest BCUT2D eigenvalue weighted by molar-refractivity contribution is 4.48. The van der Waals surface area contributed by atoms with E-state index in [2.05, 4.69) is 20.8 Å². The Balaban J connectivity index is 3.08. The molecule has 92 valence electrons. The Hall–Kier alpha value is -0.0800. The van der Waals surface area contributed by atoms with Crippen LogP contribution in [-0.2, 0) is 9.47 Å². The molecule has 0 saturated carbocycles. The third kappa shape index (κ3) is 11.8. The van der Waals surface area contributed by atoms with E-state index in [1.54, 1.807) is 0 Å². The van der Waals surface area contributed by atoms with Crippen LogP contribution in [0.5, 0.6) is 0 Å². The van der Waals surface area contributed by atoms with Gasteiger partial charge in [-0.15, -0.1) is 0 Å². The first kappa shape index (κ1) is 14.9. The highest BCUT2D eigenvalue weighted by atomic mass is 16.5. The fourth-order valence-corrected chi connectivity index (χ4v) is 1.36. The monoisotopic (exact) mass is 216 g/mol. The SMILES string of the molecule is CCCCCCOC(C)COCCCC. The first-order valence-corrected chi connectivity index (χ1v) is 6.50. The Bertz CT molecular complexity index is 115. The molecule has 0 spiro atoms. The van der Waals surface area contributed by atoms with Gasteiger partial charge in [-0.3, -0.25) is 0 Å². The predicted octanol–water partition coefficient (Wildman–Crippen LogP) is 3.79. The zero-order valence-electron chi connectivity index (χ0n) is 10.8. The van der Waals surface area contributed by atoms with Crippen LogP contribution in [0.3, 0.4) is 0 Å². The molecule has 0 aromatic carbocycles. The van der Waals surface area contributed by atoms with Crippen molar-refractivity contribution < 1.29 is 9.47 Å². The molecule has 1 atom stereocenters. The smallest absolute Gasteiger partial charge is 0.0780 e. The van der Waals surface area contributed by atoms with Gasteiger partial charge in [-0.25, -0.2) is 0 Å². The van der Waals surface area contributed by atoms with Gasteiger partial charge >= 0.3 is 0 Å². The molecule has 0 amide bonds. The van der Waals surface area contributed by atoms with Gasteiger partial charge in [-0.1, -0.05) is 39.5 Å². The second kappa shape index (κ2) is 12.0. The number of hydrogen-bond donors (Lipinski definition) is 0. The molecule has 0 radical (unpaired) electrons. The Morgan fingerprint density at radius 2 is 1.60 bits per heavy atom. The van der Waals surface area contributed by atoms with Crippen molar-refractivity contribution in [2.75, 3.05) is 19.8 Å². The number of hydrogen-bond acceptors (Lipinski definition) is 2. The highest BCUT2D eigenvalue weighted by Crippen LogP contribution is 2.01. The maximum Gasteiger partial charge on any atom is 0.0780 e. The van der Waals surface area contributed by atoms with Crippen molar-refractivity contribution in [1.82, 2.24) is 0 Å².